The van der Waals surface area contributed by atoms with Crippen molar-refractivity contribution in [2.75, 3.05) is 52.6 Å². The van der Waals surface area contributed by atoms with Gasteiger partial charge in [0, 0.05) is 94.0 Å². The minimum absolute atomic E-state index is 0.00514. The first-order valence-electron chi connectivity index (χ1n) is 21.4. The van der Waals surface area contributed by atoms with Crippen LogP contribution in [0.4, 0.5) is 17.6 Å². The van der Waals surface area contributed by atoms with Crippen molar-refractivity contribution in [2.45, 2.75) is 69.7 Å². The standard InChI is InChI=1S/C22H25F2N5O2.C15H21N5O2.C7H4F2O/c1-13-10-28(11-15-2-3-16(23)8-18(15)24)12-17(13)20-26-22(30)19-9-25-21(29(19)27-20)14-4-6-31-7-5-14;1-9-6-16-7-11(9)13-18-15(21)12-8-17-14(20(12)19-13)10-2-4-22-5-3-10;8-6-2-1-5(4-10)7(9)3-6/h2-3,8-9,13-14,17H,4-7,10-12H2,1H3,(H,26,27,30);8-11,16H,2-7H2,1H3,(H,18,19,21);1-4H. The van der Waals surface area contributed by atoms with Crippen LogP contribution in [-0.2, 0) is 16.0 Å². The van der Waals surface area contributed by atoms with Gasteiger partial charge in [-0.3, -0.25) is 19.3 Å². The highest BCUT2D eigenvalue weighted by Crippen LogP contribution is 2.33. The Labute approximate surface area is 359 Å². The van der Waals surface area contributed by atoms with Gasteiger partial charge in [0.15, 0.2) is 17.3 Å². The summed E-state index contributed by atoms with van der Waals surface area (Å²) < 4.78 is 66.1. The van der Waals surface area contributed by atoms with Crippen LogP contribution in [0.15, 0.2) is 58.4 Å². The summed E-state index contributed by atoms with van der Waals surface area (Å²) in [5.74, 6) is 1.95. The molecule has 15 nitrogen and oxygen atoms in total. The van der Waals surface area contributed by atoms with E-state index in [9.17, 15) is 31.9 Å². The van der Waals surface area contributed by atoms with E-state index in [1.165, 1.54) is 12.1 Å². The Kier molecular flexibility index (Phi) is 13.6. The van der Waals surface area contributed by atoms with Gasteiger partial charge in [0.1, 0.15) is 46.6 Å². The Hall–Kier alpha value is -5.63. The monoisotopic (exact) mass is 874 g/mol. The van der Waals surface area contributed by atoms with Gasteiger partial charge in [-0.2, -0.15) is 10.2 Å². The number of ether oxygens (including phenoxy) is 2. The van der Waals surface area contributed by atoms with Crippen LogP contribution in [0, 0.1) is 35.1 Å². The van der Waals surface area contributed by atoms with Gasteiger partial charge in [0.25, 0.3) is 11.1 Å². The van der Waals surface area contributed by atoms with Crippen molar-refractivity contribution in [1.29, 1.82) is 0 Å². The van der Waals surface area contributed by atoms with Crippen molar-refractivity contribution in [2.24, 2.45) is 11.8 Å². The van der Waals surface area contributed by atoms with E-state index >= 15 is 0 Å². The van der Waals surface area contributed by atoms with Gasteiger partial charge >= 0.3 is 0 Å². The van der Waals surface area contributed by atoms with Crippen LogP contribution in [0.1, 0.15) is 102 Å². The van der Waals surface area contributed by atoms with Gasteiger partial charge in [0.05, 0.1) is 18.0 Å². The average Bonchev–Trinajstić information content (AvgIpc) is 4.09. The summed E-state index contributed by atoms with van der Waals surface area (Å²) in [5.41, 5.74) is 1.01. The molecule has 4 fully saturated rings. The average molecular weight is 875 g/mol. The predicted octanol–water partition coefficient (Wildman–Crippen LogP) is 5.24. The lowest BCUT2D eigenvalue weighted by atomic mass is 9.97. The molecule has 19 heteroatoms. The predicted molar refractivity (Wildman–Crippen MR) is 223 cm³/mol. The molecule has 0 radical (unpaired) electrons. The number of H-pyrrole nitrogens is 2. The van der Waals surface area contributed by atoms with E-state index in [1.807, 2.05) is 0 Å². The summed E-state index contributed by atoms with van der Waals surface area (Å²) in [6.07, 6.45) is 7.15. The van der Waals surface area contributed by atoms with Gasteiger partial charge in [-0.25, -0.2) is 36.6 Å². The number of halogens is 4. The first-order chi connectivity index (χ1) is 30.5. The molecule has 4 aliphatic heterocycles. The molecule has 10 rings (SSSR count). The number of benzene rings is 2. The van der Waals surface area contributed by atoms with Crippen molar-refractivity contribution in [3.8, 4) is 0 Å². The highest BCUT2D eigenvalue weighted by molar-refractivity contribution is 5.74. The lowest BCUT2D eigenvalue weighted by Gasteiger charge is -2.21. The number of rotatable bonds is 7. The fourth-order valence-electron chi connectivity index (χ4n) is 8.88. The third kappa shape index (κ3) is 9.80. The maximum atomic E-state index is 14.1. The molecular formula is C44H50F4N10O5. The third-order valence-electron chi connectivity index (χ3n) is 12.5. The van der Waals surface area contributed by atoms with Gasteiger partial charge < -0.3 is 24.8 Å². The largest absolute Gasteiger partial charge is 0.381 e. The van der Waals surface area contributed by atoms with Crippen LogP contribution in [-0.4, -0.2) is 103 Å². The molecule has 0 saturated carbocycles. The van der Waals surface area contributed by atoms with Gasteiger partial charge in [0.2, 0.25) is 0 Å². The van der Waals surface area contributed by atoms with Crippen LogP contribution >= 0.6 is 0 Å². The molecule has 8 heterocycles. The second kappa shape index (κ2) is 19.4. The number of nitrogens with one attached hydrogen (secondary N) is 3. The molecule has 0 bridgehead atoms. The molecule has 4 unspecified atom stereocenters. The molecule has 2 aromatic carbocycles. The van der Waals surface area contributed by atoms with E-state index in [0.29, 0.717) is 72.9 Å². The fraction of sp³-hybridized carbons (Fsp3) is 0.477. The number of carbonyl (C=O) groups excluding carboxylic acids is 1. The minimum Gasteiger partial charge on any atom is -0.381 e. The number of fused-ring (bicyclic) bond motifs is 2. The smallest absolute Gasteiger partial charge is 0.276 e. The van der Waals surface area contributed by atoms with Crippen molar-refractivity contribution in [3.63, 3.8) is 0 Å². The normalized spacial score (nSPS) is 22.2. The zero-order chi connectivity index (χ0) is 44.2. The highest BCUT2D eigenvalue weighted by Gasteiger charge is 2.34. The topological polar surface area (TPSA) is 177 Å². The number of aromatic nitrogens is 8. The second-order valence-electron chi connectivity index (χ2n) is 16.8. The Morgan fingerprint density at radius 3 is 1.75 bits per heavy atom. The van der Waals surface area contributed by atoms with Crippen molar-refractivity contribution < 1.29 is 31.8 Å². The van der Waals surface area contributed by atoms with Crippen molar-refractivity contribution >= 4 is 17.3 Å². The van der Waals surface area contributed by atoms with Gasteiger partial charge in [-0.1, -0.05) is 19.9 Å². The van der Waals surface area contributed by atoms with E-state index < -0.39 is 23.3 Å². The van der Waals surface area contributed by atoms with E-state index in [4.69, 9.17) is 19.7 Å². The molecule has 4 aliphatic rings. The molecule has 4 atom stereocenters. The van der Waals surface area contributed by atoms with Crippen molar-refractivity contribution in [3.05, 3.63) is 127 Å². The van der Waals surface area contributed by atoms with E-state index in [-0.39, 0.29) is 40.4 Å². The summed E-state index contributed by atoms with van der Waals surface area (Å²) in [5, 5.41) is 12.9. The number of carbonyl (C=O) groups is 1. The zero-order valence-corrected chi connectivity index (χ0v) is 35.0. The molecule has 0 aliphatic carbocycles. The fourth-order valence-corrected chi connectivity index (χ4v) is 8.88. The van der Waals surface area contributed by atoms with Crippen molar-refractivity contribution in [1.82, 2.24) is 49.4 Å². The number of imidazole rings is 2. The maximum absolute atomic E-state index is 14.1. The number of hydrogen-bond donors (Lipinski definition) is 3. The molecule has 0 spiro atoms. The molecule has 63 heavy (non-hydrogen) atoms. The molecule has 4 saturated heterocycles. The van der Waals surface area contributed by atoms with E-state index in [0.717, 1.165) is 94.2 Å². The lowest BCUT2D eigenvalue weighted by Crippen LogP contribution is -2.24. The first kappa shape index (κ1) is 44.0. The Bertz CT molecular complexity index is 2670. The Morgan fingerprint density at radius 1 is 0.698 bits per heavy atom. The van der Waals surface area contributed by atoms with Crippen LogP contribution < -0.4 is 16.4 Å². The lowest BCUT2D eigenvalue weighted by molar-refractivity contribution is 0.0831. The number of nitrogens with zero attached hydrogens (tertiary/aromatic N) is 7. The second-order valence-corrected chi connectivity index (χ2v) is 16.8. The molecule has 3 N–H and O–H groups in total. The maximum Gasteiger partial charge on any atom is 0.276 e. The quantitative estimate of drug-likeness (QED) is 0.141. The van der Waals surface area contributed by atoms with Gasteiger partial charge in [-0.15, -0.1) is 0 Å². The van der Waals surface area contributed by atoms with Crippen LogP contribution in [0.2, 0.25) is 0 Å². The minimum atomic E-state index is -0.824. The number of likely N-dealkylation sites (tertiary alicyclic amines) is 1. The zero-order valence-electron chi connectivity index (χ0n) is 35.0. The summed E-state index contributed by atoms with van der Waals surface area (Å²) in [4.78, 5) is 52.0. The summed E-state index contributed by atoms with van der Waals surface area (Å²) in [6.45, 7) is 10.7. The molecule has 6 aromatic rings. The summed E-state index contributed by atoms with van der Waals surface area (Å²) >= 11 is 0. The van der Waals surface area contributed by atoms with Crippen LogP contribution in [0.25, 0.3) is 11.0 Å². The van der Waals surface area contributed by atoms with E-state index in [1.54, 1.807) is 21.4 Å². The molecule has 334 valence electrons. The molecule has 0 amide bonds. The summed E-state index contributed by atoms with van der Waals surface area (Å²) in [7, 11) is 0. The first-order valence-corrected chi connectivity index (χ1v) is 21.4. The molecular weight excluding hydrogens is 825 g/mol. The summed E-state index contributed by atoms with van der Waals surface area (Å²) in [6, 6.07) is 6.48. The Morgan fingerprint density at radius 2 is 1.24 bits per heavy atom. The SMILES string of the molecule is CC1CN(Cc2ccc(F)cc2F)CC1c1nn2c(C3CCOCC3)ncc2c(=O)[nH]1.CC1CNCC1c1nn2c(C3CCOCC3)ncc2c(=O)[nH]1.O=Cc1ccc(F)cc1F. The van der Waals surface area contributed by atoms with Gasteiger partial charge in [-0.05, 0) is 62.3 Å². The highest BCUT2D eigenvalue weighted by atomic mass is 19.1. The Balaban J connectivity index is 0.000000147. The third-order valence-corrected chi connectivity index (χ3v) is 12.5. The number of aldehydes is 1. The van der Waals surface area contributed by atoms with Crippen LogP contribution in [0.5, 0.6) is 0 Å². The molecule has 4 aromatic heterocycles. The van der Waals surface area contributed by atoms with Crippen LogP contribution in [0.3, 0.4) is 0 Å². The number of aromatic amines is 2. The number of hydrogen-bond acceptors (Lipinski definition) is 11. The van der Waals surface area contributed by atoms with E-state index in [2.05, 4.69) is 44.0 Å².